The molecule has 0 amide bonds. The first-order valence-electron chi connectivity index (χ1n) is 11.2. The number of aliphatic hydroxyl groups is 2. The lowest BCUT2D eigenvalue weighted by molar-refractivity contribution is 0.101. The number of carbonyl (C=O) groups is 1. The van der Waals surface area contributed by atoms with Crippen LogP contribution < -0.4 is 15.8 Å². The fourth-order valence-corrected chi connectivity index (χ4v) is 3.92. The van der Waals surface area contributed by atoms with Gasteiger partial charge in [-0.2, -0.15) is 4.98 Å². The fourth-order valence-electron chi connectivity index (χ4n) is 3.92. The highest BCUT2D eigenvalue weighted by Crippen LogP contribution is 2.25. The number of ketones is 1. The molecule has 0 saturated heterocycles. The van der Waals surface area contributed by atoms with Gasteiger partial charge in [0.25, 0.3) is 5.56 Å². The number of Topliss-reactive ketones (excluding diaryl/α,β-unsaturated/α-hetero) is 1. The topological polar surface area (TPSA) is 138 Å². The molecule has 11 nitrogen and oxygen atoms in total. The van der Waals surface area contributed by atoms with Gasteiger partial charge in [-0.05, 0) is 35.9 Å². The number of fused-ring (bicyclic) bond motifs is 1. The van der Waals surface area contributed by atoms with Crippen LogP contribution in [0.5, 0.6) is 0 Å². The van der Waals surface area contributed by atoms with Gasteiger partial charge in [-0.15, -0.1) is 6.58 Å². The van der Waals surface area contributed by atoms with E-state index < -0.39 is 0 Å². The van der Waals surface area contributed by atoms with E-state index in [1.165, 1.54) is 28.6 Å². The molecule has 3 aromatic heterocycles. The lowest BCUT2D eigenvalue weighted by Gasteiger charge is -2.17. The van der Waals surface area contributed by atoms with E-state index in [-0.39, 0.29) is 59.6 Å². The summed E-state index contributed by atoms with van der Waals surface area (Å²) in [6.07, 6.45) is 2.99. The Balaban J connectivity index is 1.88. The van der Waals surface area contributed by atoms with Gasteiger partial charge in [-0.25, -0.2) is 19.3 Å². The maximum Gasteiger partial charge on any atom is 0.278 e. The van der Waals surface area contributed by atoms with Crippen molar-refractivity contribution in [3.63, 3.8) is 0 Å². The lowest BCUT2D eigenvalue weighted by Crippen LogP contribution is -2.22. The molecule has 0 bridgehead atoms. The third-order valence-electron chi connectivity index (χ3n) is 5.60. The highest BCUT2D eigenvalue weighted by molar-refractivity contribution is 5.92. The SMILES string of the molecule is C=CCn1c(=O)c2cnc(Nc3ccc(N(C)C)c(CO)c3)nc2n1-c1cc(CO)cc(C(C)=O)n1. The normalized spacial score (nSPS) is 11.0. The molecule has 36 heavy (non-hydrogen) atoms. The van der Waals surface area contributed by atoms with E-state index in [0.717, 1.165) is 11.3 Å². The average molecular weight is 490 g/mol. The van der Waals surface area contributed by atoms with Crippen LogP contribution in [0.15, 0.2) is 54.0 Å². The van der Waals surface area contributed by atoms with Crippen LogP contribution in [0, 0.1) is 0 Å². The van der Waals surface area contributed by atoms with E-state index in [4.69, 9.17) is 0 Å². The second-order valence-electron chi connectivity index (χ2n) is 8.37. The summed E-state index contributed by atoms with van der Waals surface area (Å²) in [5, 5.41) is 22.9. The lowest BCUT2D eigenvalue weighted by atomic mass is 10.1. The molecule has 0 aliphatic rings. The maximum absolute atomic E-state index is 13.2. The van der Waals surface area contributed by atoms with Crippen LogP contribution in [0.3, 0.4) is 0 Å². The molecule has 3 heterocycles. The van der Waals surface area contributed by atoms with Crippen molar-refractivity contribution in [2.75, 3.05) is 24.3 Å². The molecule has 0 aliphatic heterocycles. The summed E-state index contributed by atoms with van der Waals surface area (Å²) in [5.41, 5.74) is 2.80. The van der Waals surface area contributed by atoms with Crippen molar-refractivity contribution in [3.05, 3.63) is 76.4 Å². The minimum Gasteiger partial charge on any atom is -0.392 e. The van der Waals surface area contributed by atoms with Crippen molar-refractivity contribution in [1.82, 2.24) is 24.3 Å². The summed E-state index contributed by atoms with van der Waals surface area (Å²) in [6, 6.07) is 8.60. The van der Waals surface area contributed by atoms with E-state index in [1.54, 1.807) is 18.2 Å². The predicted molar refractivity (Wildman–Crippen MR) is 137 cm³/mol. The summed E-state index contributed by atoms with van der Waals surface area (Å²) in [7, 11) is 3.78. The molecule has 0 atom stereocenters. The molecule has 0 aliphatic carbocycles. The molecular formula is C25H27N7O4. The third-order valence-corrected chi connectivity index (χ3v) is 5.60. The first kappa shape index (κ1) is 24.8. The van der Waals surface area contributed by atoms with Crippen LogP contribution >= 0.6 is 0 Å². The number of hydrogen-bond donors (Lipinski definition) is 3. The molecule has 3 N–H and O–H groups in total. The molecule has 11 heteroatoms. The monoisotopic (exact) mass is 489 g/mol. The van der Waals surface area contributed by atoms with Crippen molar-refractivity contribution >= 4 is 34.1 Å². The summed E-state index contributed by atoms with van der Waals surface area (Å²) in [5.74, 6) is 0.195. The number of hydrogen-bond acceptors (Lipinski definition) is 9. The van der Waals surface area contributed by atoms with Gasteiger partial charge >= 0.3 is 0 Å². The molecule has 4 rings (SSSR count). The minimum absolute atomic E-state index is 0.141. The Morgan fingerprint density at radius 2 is 1.94 bits per heavy atom. The summed E-state index contributed by atoms with van der Waals surface area (Å²) in [6.45, 7) is 4.82. The fraction of sp³-hybridized carbons (Fsp3) is 0.240. The number of aromatic nitrogens is 5. The van der Waals surface area contributed by atoms with Gasteiger partial charge in [0.1, 0.15) is 11.1 Å². The Bertz CT molecular complexity index is 1520. The van der Waals surface area contributed by atoms with Gasteiger partial charge in [0, 0.05) is 44.2 Å². The van der Waals surface area contributed by atoms with Gasteiger partial charge in [-0.1, -0.05) is 6.08 Å². The molecule has 0 saturated carbocycles. The molecule has 0 spiro atoms. The highest BCUT2D eigenvalue weighted by atomic mass is 16.3. The smallest absolute Gasteiger partial charge is 0.278 e. The largest absolute Gasteiger partial charge is 0.392 e. The molecule has 0 radical (unpaired) electrons. The molecule has 1 aromatic carbocycles. The van der Waals surface area contributed by atoms with Gasteiger partial charge in [0.2, 0.25) is 5.95 Å². The van der Waals surface area contributed by atoms with Crippen LogP contribution in [0.2, 0.25) is 0 Å². The molecular weight excluding hydrogens is 462 g/mol. The molecule has 0 fully saturated rings. The van der Waals surface area contributed by atoms with E-state index in [9.17, 15) is 19.8 Å². The number of benzene rings is 1. The second-order valence-corrected chi connectivity index (χ2v) is 8.37. The van der Waals surface area contributed by atoms with Gasteiger partial charge in [-0.3, -0.25) is 9.59 Å². The van der Waals surface area contributed by atoms with Crippen LogP contribution in [-0.2, 0) is 19.8 Å². The Morgan fingerprint density at radius 3 is 2.58 bits per heavy atom. The van der Waals surface area contributed by atoms with Crippen molar-refractivity contribution in [2.45, 2.75) is 26.7 Å². The van der Waals surface area contributed by atoms with E-state index in [0.29, 0.717) is 11.3 Å². The van der Waals surface area contributed by atoms with Crippen LogP contribution in [0.4, 0.5) is 17.3 Å². The zero-order chi connectivity index (χ0) is 26.0. The number of rotatable bonds is 9. The molecule has 0 unspecified atom stereocenters. The van der Waals surface area contributed by atoms with Crippen molar-refractivity contribution in [2.24, 2.45) is 0 Å². The third kappa shape index (κ3) is 4.61. The average Bonchev–Trinajstić information content (AvgIpc) is 3.14. The number of nitrogens with one attached hydrogen (secondary N) is 1. The van der Waals surface area contributed by atoms with Crippen LogP contribution in [0.1, 0.15) is 28.5 Å². The highest BCUT2D eigenvalue weighted by Gasteiger charge is 2.19. The Kier molecular flexibility index (Phi) is 6.95. The Morgan fingerprint density at radius 1 is 1.17 bits per heavy atom. The van der Waals surface area contributed by atoms with E-state index >= 15 is 0 Å². The van der Waals surface area contributed by atoms with Crippen molar-refractivity contribution in [3.8, 4) is 5.82 Å². The van der Waals surface area contributed by atoms with Gasteiger partial charge in [0.05, 0.1) is 19.8 Å². The van der Waals surface area contributed by atoms with Crippen molar-refractivity contribution in [1.29, 1.82) is 0 Å². The number of carbonyl (C=O) groups excluding carboxylic acids is 1. The first-order valence-corrected chi connectivity index (χ1v) is 11.2. The molecule has 4 aromatic rings. The van der Waals surface area contributed by atoms with Gasteiger partial charge in [0.15, 0.2) is 17.2 Å². The Hall–Kier alpha value is -4.35. The Labute approximate surface area is 207 Å². The minimum atomic E-state index is -0.352. The van der Waals surface area contributed by atoms with Crippen molar-refractivity contribution < 1.29 is 15.0 Å². The number of allylic oxidation sites excluding steroid dienone is 1. The first-order chi connectivity index (χ1) is 17.3. The molecule has 186 valence electrons. The van der Waals surface area contributed by atoms with E-state index in [2.05, 4.69) is 26.8 Å². The zero-order valence-corrected chi connectivity index (χ0v) is 20.3. The zero-order valence-electron chi connectivity index (χ0n) is 20.3. The van der Waals surface area contributed by atoms with E-state index in [1.807, 2.05) is 31.1 Å². The number of nitrogens with zero attached hydrogens (tertiary/aromatic N) is 6. The number of pyridine rings is 1. The standard InChI is InChI=1S/C25H27N7O4/c1-5-8-31-24(36)19-12-26-25(27-18-6-7-21(30(3)4)17(11-18)14-34)29-23(19)32(31)22-10-16(13-33)9-20(28-22)15(2)35/h5-7,9-12,33-34H,1,8,13-14H2,2-4H3,(H,26,27,29). The summed E-state index contributed by atoms with van der Waals surface area (Å²) in [4.78, 5) is 40.4. The maximum atomic E-state index is 13.2. The quantitative estimate of drug-likeness (QED) is 0.238. The van der Waals surface area contributed by atoms with Crippen LogP contribution in [0.25, 0.3) is 16.9 Å². The summed E-state index contributed by atoms with van der Waals surface area (Å²) >= 11 is 0. The number of anilines is 3. The second kappa shape index (κ2) is 10.1. The number of aliphatic hydroxyl groups excluding tert-OH is 2. The predicted octanol–water partition coefficient (Wildman–Crippen LogP) is 2.16. The van der Waals surface area contributed by atoms with Crippen LogP contribution in [-0.4, -0.2) is 54.4 Å². The van der Waals surface area contributed by atoms with Gasteiger partial charge < -0.3 is 20.4 Å². The summed E-state index contributed by atoms with van der Waals surface area (Å²) < 4.78 is 2.88.